The summed E-state index contributed by atoms with van der Waals surface area (Å²) in [7, 11) is 0. The monoisotopic (exact) mass is 434 g/mol. The van der Waals surface area contributed by atoms with E-state index in [1.54, 1.807) is 31.2 Å². The van der Waals surface area contributed by atoms with Crippen molar-refractivity contribution in [1.29, 1.82) is 0 Å². The molecule has 1 saturated carbocycles. The largest absolute Gasteiger partial charge is 0.465 e. The molecule has 0 spiro atoms. The van der Waals surface area contributed by atoms with E-state index in [1.807, 2.05) is 0 Å². The highest BCUT2D eigenvalue weighted by Crippen LogP contribution is 2.43. The van der Waals surface area contributed by atoms with Crippen molar-refractivity contribution >= 4 is 50.9 Å². The zero-order chi connectivity index (χ0) is 17.9. The summed E-state index contributed by atoms with van der Waals surface area (Å²) < 4.78 is 5.80. The van der Waals surface area contributed by atoms with Crippen molar-refractivity contribution in [3.05, 3.63) is 44.9 Å². The first-order valence-electron chi connectivity index (χ1n) is 7.47. The number of ketones is 1. The SMILES string of the molecule is CCOC(=O)[C@H]1C(=O)C[C@](O)(c2ccc(Br)cc2)C[C@@H]1C=C(Cl)Cl. The Hall–Kier alpha value is -0.880. The van der Waals surface area contributed by atoms with Gasteiger partial charge < -0.3 is 9.84 Å². The van der Waals surface area contributed by atoms with Crippen LogP contribution in [0.4, 0.5) is 0 Å². The quantitative estimate of drug-likeness (QED) is 0.570. The Labute approximate surface area is 158 Å². The summed E-state index contributed by atoms with van der Waals surface area (Å²) in [5.74, 6) is -2.64. The van der Waals surface area contributed by atoms with E-state index in [4.69, 9.17) is 27.9 Å². The van der Waals surface area contributed by atoms with Gasteiger partial charge >= 0.3 is 5.97 Å². The zero-order valence-corrected chi connectivity index (χ0v) is 16.1. The van der Waals surface area contributed by atoms with Crippen molar-refractivity contribution in [2.45, 2.75) is 25.4 Å². The number of allylic oxidation sites excluding steroid dienone is 1. The molecule has 0 aromatic heterocycles. The molecule has 0 heterocycles. The van der Waals surface area contributed by atoms with E-state index in [-0.39, 0.29) is 29.7 Å². The first kappa shape index (κ1) is 19.4. The van der Waals surface area contributed by atoms with Gasteiger partial charge in [0.2, 0.25) is 0 Å². The molecule has 3 atom stereocenters. The number of rotatable bonds is 4. The Bertz CT molecular complexity index is 655. The number of halogens is 3. The maximum absolute atomic E-state index is 12.6. The topological polar surface area (TPSA) is 63.6 Å². The van der Waals surface area contributed by atoms with Gasteiger partial charge in [-0.25, -0.2) is 0 Å². The molecule has 1 N–H and O–H groups in total. The average molecular weight is 436 g/mol. The maximum atomic E-state index is 12.6. The van der Waals surface area contributed by atoms with Crippen LogP contribution in [0, 0.1) is 11.8 Å². The molecular formula is C17H17BrCl2O4. The molecule has 1 aromatic carbocycles. The molecule has 7 heteroatoms. The fourth-order valence-corrected chi connectivity index (χ4v) is 3.64. The molecule has 2 rings (SSSR count). The Kier molecular flexibility index (Phi) is 6.48. The molecule has 1 aromatic rings. The van der Waals surface area contributed by atoms with Gasteiger partial charge in [0.05, 0.1) is 12.2 Å². The molecule has 0 saturated heterocycles. The van der Waals surface area contributed by atoms with E-state index in [1.165, 1.54) is 6.08 Å². The molecule has 0 bridgehead atoms. The number of hydrogen-bond acceptors (Lipinski definition) is 4. The first-order chi connectivity index (χ1) is 11.3. The molecule has 1 aliphatic rings. The molecule has 130 valence electrons. The zero-order valence-electron chi connectivity index (χ0n) is 13.0. The molecule has 4 nitrogen and oxygen atoms in total. The lowest BCUT2D eigenvalue weighted by Crippen LogP contribution is -2.45. The van der Waals surface area contributed by atoms with Crippen LogP contribution in [0.3, 0.4) is 0 Å². The lowest BCUT2D eigenvalue weighted by atomic mass is 9.68. The number of Topliss-reactive ketones (excluding diaryl/α,β-unsaturated/α-hetero) is 1. The van der Waals surface area contributed by atoms with Gasteiger partial charge in [-0.1, -0.05) is 51.3 Å². The average Bonchev–Trinajstić information content (AvgIpc) is 2.46. The summed E-state index contributed by atoms with van der Waals surface area (Å²) in [6.07, 6.45) is 1.40. The van der Waals surface area contributed by atoms with Gasteiger partial charge in [0.25, 0.3) is 0 Å². The Morgan fingerprint density at radius 3 is 2.58 bits per heavy atom. The van der Waals surface area contributed by atoms with Crippen molar-refractivity contribution in [2.75, 3.05) is 6.61 Å². The van der Waals surface area contributed by atoms with Gasteiger partial charge in [-0.2, -0.15) is 0 Å². The highest BCUT2D eigenvalue weighted by molar-refractivity contribution is 9.10. The second kappa shape index (κ2) is 8.00. The second-order valence-corrected chi connectivity index (χ2v) is 7.66. The van der Waals surface area contributed by atoms with Crippen LogP contribution in [0.15, 0.2) is 39.3 Å². The number of carbonyl (C=O) groups is 2. The normalized spacial score (nSPS) is 26.8. The first-order valence-corrected chi connectivity index (χ1v) is 9.02. The van der Waals surface area contributed by atoms with Crippen LogP contribution in [0.2, 0.25) is 0 Å². The van der Waals surface area contributed by atoms with Crippen molar-refractivity contribution in [3.63, 3.8) is 0 Å². The van der Waals surface area contributed by atoms with Gasteiger partial charge in [0, 0.05) is 16.8 Å². The summed E-state index contributed by atoms with van der Waals surface area (Å²) in [5.41, 5.74) is -0.781. The second-order valence-electron chi connectivity index (χ2n) is 5.74. The van der Waals surface area contributed by atoms with Crippen LogP contribution >= 0.6 is 39.1 Å². The predicted molar refractivity (Wildman–Crippen MR) is 95.7 cm³/mol. The van der Waals surface area contributed by atoms with Gasteiger partial charge in [-0.05, 0) is 37.1 Å². The standard InChI is InChI=1S/C17H17BrCl2O4/c1-2-24-16(22)15-10(7-14(19)20)8-17(23,9-13(15)21)11-3-5-12(18)6-4-11/h3-7,10,15,23H,2,8-9H2,1H3/t10-,15+,17-/m0/s1. The van der Waals surface area contributed by atoms with E-state index in [9.17, 15) is 14.7 Å². The van der Waals surface area contributed by atoms with Gasteiger partial charge in [0.15, 0.2) is 5.78 Å². The third-order valence-corrected chi connectivity index (χ3v) is 4.86. The molecule has 0 unspecified atom stereocenters. The van der Waals surface area contributed by atoms with Gasteiger partial charge in [-0.3, -0.25) is 9.59 Å². The number of hydrogen-bond donors (Lipinski definition) is 1. The smallest absolute Gasteiger partial charge is 0.317 e. The molecule has 24 heavy (non-hydrogen) atoms. The summed E-state index contributed by atoms with van der Waals surface area (Å²) in [5, 5.41) is 11.0. The third-order valence-electron chi connectivity index (χ3n) is 4.08. The molecule has 0 amide bonds. The summed E-state index contributed by atoms with van der Waals surface area (Å²) in [6.45, 7) is 1.84. The van der Waals surface area contributed by atoms with E-state index in [2.05, 4.69) is 15.9 Å². The lowest BCUT2D eigenvalue weighted by Gasteiger charge is -2.38. The van der Waals surface area contributed by atoms with Crippen molar-refractivity contribution < 1.29 is 19.4 Å². The minimum atomic E-state index is -1.38. The van der Waals surface area contributed by atoms with E-state index in [0.717, 1.165) is 4.47 Å². The summed E-state index contributed by atoms with van der Waals surface area (Å²) in [6, 6.07) is 7.05. The Morgan fingerprint density at radius 2 is 2.04 bits per heavy atom. The van der Waals surface area contributed by atoms with E-state index < -0.39 is 23.4 Å². The van der Waals surface area contributed by atoms with Crippen molar-refractivity contribution in [1.82, 2.24) is 0 Å². The molecule has 1 aliphatic carbocycles. The Balaban J connectivity index is 2.37. The van der Waals surface area contributed by atoms with Crippen LogP contribution in [-0.2, 0) is 19.9 Å². The molecule has 1 fully saturated rings. The van der Waals surface area contributed by atoms with E-state index in [0.29, 0.717) is 5.56 Å². The minimum Gasteiger partial charge on any atom is -0.465 e. The summed E-state index contributed by atoms with van der Waals surface area (Å²) in [4.78, 5) is 24.7. The molecular weight excluding hydrogens is 419 g/mol. The van der Waals surface area contributed by atoms with Crippen LogP contribution < -0.4 is 0 Å². The fraction of sp³-hybridized carbons (Fsp3) is 0.412. The van der Waals surface area contributed by atoms with Crippen LogP contribution in [0.1, 0.15) is 25.3 Å². The lowest BCUT2D eigenvalue weighted by molar-refractivity contribution is -0.159. The summed E-state index contributed by atoms with van der Waals surface area (Å²) >= 11 is 14.8. The number of ether oxygens (including phenoxy) is 1. The number of aliphatic hydroxyl groups is 1. The highest BCUT2D eigenvalue weighted by atomic mass is 79.9. The third kappa shape index (κ3) is 4.39. The Morgan fingerprint density at radius 1 is 1.42 bits per heavy atom. The fourth-order valence-electron chi connectivity index (χ4n) is 3.05. The maximum Gasteiger partial charge on any atom is 0.317 e. The van der Waals surface area contributed by atoms with Gasteiger partial charge in [-0.15, -0.1) is 0 Å². The van der Waals surface area contributed by atoms with E-state index >= 15 is 0 Å². The van der Waals surface area contributed by atoms with Crippen molar-refractivity contribution in [2.24, 2.45) is 11.8 Å². The number of benzene rings is 1. The minimum absolute atomic E-state index is 0.0536. The predicted octanol–water partition coefficient (Wildman–Crippen LogP) is 4.11. The van der Waals surface area contributed by atoms with Crippen LogP contribution in [0.25, 0.3) is 0 Å². The molecule has 0 aliphatic heterocycles. The van der Waals surface area contributed by atoms with Crippen LogP contribution in [-0.4, -0.2) is 23.5 Å². The van der Waals surface area contributed by atoms with Gasteiger partial charge in [0.1, 0.15) is 10.4 Å². The highest BCUT2D eigenvalue weighted by Gasteiger charge is 2.48. The molecule has 0 radical (unpaired) electrons. The van der Waals surface area contributed by atoms with Crippen molar-refractivity contribution in [3.8, 4) is 0 Å². The number of carbonyl (C=O) groups excluding carboxylic acids is 2. The number of esters is 1. The van der Waals surface area contributed by atoms with Crippen LogP contribution in [0.5, 0.6) is 0 Å².